The van der Waals surface area contributed by atoms with E-state index in [4.69, 9.17) is 0 Å². The van der Waals surface area contributed by atoms with E-state index in [9.17, 15) is 4.79 Å². The van der Waals surface area contributed by atoms with Crippen molar-refractivity contribution in [3.8, 4) is 11.4 Å². The Labute approximate surface area is 111 Å². The number of carbonyl (C=O) groups is 1. The fraction of sp³-hybridized carbons (Fsp3) is 0.385. The van der Waals surface area contributed by atoms with E-state index in [1.807, 2.05) is 0 Å². The van der Waals surface area contributed by atoms with Crippen molar-refractivity contribution in [2.45, 2.75) is 33.1 Å². The maximum absolute atomic E-state index is 11.0. The zero-order valence-corrected chi connectivity index (χ0v) is 11.5. The van der Waals surface area contributed by atoms with Crippen LogP contribution in [-0.4, -0.2) is 26.1 Å². The molecule has 0 fully saturated rings. The summed E-state index contributed by atoms with van der Waals surface area (Å²) in [6.45, 7) is 7.63. The van der Waals surface area contributed by atoms with Gasteiger partial charge < -0.3 is 5.32 Å². The highest BCUT2D eigenvalue weighted by Crippen LogP contribution is 2.22. The van der Waals surface area contributed by atoms with Crippen LogP contribution in [0.1, 0.15) is 33.5 Å². The quantitative estimate of drug-likeness (QED) is 0.865. The molecule has 6 nitrogen and oxygen atoms in total. The second-order valence-corrected chi connectivity index (χ2v) is 5.40. The van der Waals surface area contributed by atoms with E-state index in [-0.39, 0.29) is 11.3 Å². The lowest BCUT2D eigenvalue weighted by Gasteiger charge is -2.12. The molecule has 0 aliphatic rings. The van der Waals surface area contributed by atoms with Gasteiger partial charge in [-0.2, -0.15) is 5.10 Å². The van der Waals surface area contributed by atoms with E-state index in [1.165, 1.54) is 6.92 Å². The molecule has 0 saturated carbocycles. The fourth-order valence-electron chi connectivity index (χ4n) is 1.56. The van der Waals surface area contributed by atoms with Crippen molar-refractivity contribution in [3.63, 3.8) is 0 Å². The predicted octanol–water partition coefficient (Wildman–Crippen LogP) is 2.12. The van der Waals surface area contributed by atoms with Crippen LogP contribution in [0, 0.1) is 0 Å². The number of carbonyl (C=O) groups excluding carboxylic acids is 1. The standard InChI is InChI=1S/C13H17N5O/c1-8(19)15-10-5-9(6-14-7-10)11-16-12(18-17-11)13(2,3)4/h5-7H,1-4H3,(H,15,19)(H,16,17,18). The van der Waals surface area contributed by atoms with E-state index in [0.717, 1.165) is 11.4 Å². The van der Waals surface area contributed by atoms with Gasteiger partial charge in [0.25, 0.3) is 0 Å². The van der Waals surface area contributed by atoms with Crippen LogP contribution in [0.25, 0.3) is 11.4 Å². The summed E-state index contributed by atoms with van der Waals surface area (Å²) in [5.41, 5.74) is 1.30. The topological polar surface area (TPSA) is 83.6 Å². The summed E-state index contributed by atoms with van der Waals surface area (Å²) < 4.78 is 0. The molecule has 19 heavy (non-hydrogen) atoms. The summed E-state index contributed by atoms with van der Waals surface area (Å²) in [4.78, 5) is 19.5. The van der Waals surface area contributed by atoms with Crippen molar-refractivity contribution in [2.24, 2.45) is 0 Å². The van der Waals surface area contributed by atoms with Gasteiger partial charge in [0.15, 0.2) is 5.82 Å². The Bertz CT molecular complexity index is 597. The van der Waals surface area contributed by atoms with Crippen molar-refractivity contribution in [1.82, 2.24) is 20.2 Å². The SMILES string of the molecule is CC(=O)Nc1cncc(-c2n[nH]c(C(C)(C)C)n2)c1. The summed E-state index contributed by atoms with van der Waals surface area (Å²) in [7, 11) is 0. The zero-order valence-electron chi connectivity index (χ0n) is 11.5. The largest absolute Gasteiger partial charge is 0.325 e. The third-order valence-electron chi connectivity index (χ3n) is 2.51. The van der Waals surface area contributed by atoms with Crippen LogP contribution in [0.5, 0.6) is 0 Å². The molecule has 0 spiro atoms. The number of amides is 1. The summed E-state index contributed by atoms with van der Waals surface area (Å²) >= 11 is 0. The molecule has 2 N–H and O–H groups in total. The molecule has 0 atom stereocenters. The van der Waals surface area contributed by atoms with Crippen LogP contribution < -0.4 is 5.32 Å². The van der Waals surface area contributed by atoms with Crippen LogP contribution in [0.2, 0.25) is 0 Å². The third-order valence-corrected chi connectivity index (χ3v) is 2.51. The number of rotatable bonds is 2. The number of anilines is 1. The lowest BCUT2D eigenvalue weighted by Crippen LogP contribution is -2.13. The minimum absolute atomic E-state index is 0.0894. The summed E-state index contributed by atoms with van der Waals surface area (Å²) in [5.74, 6) is 1.25. The number of aromatic nitrogens is 4. The molecule has 2 aromatic heterocycles. The molecule has 0 aromatic carbocycles. The lowest BCUT2D eigenvalue weighted by atomic mass is 9.96. The molecular formula is C13H17N5O. The van der Waals surface area contributed by atoms with Crippen LogP contribution in [0.4, 0.5) is 5.69 Å². The van der Waals surface area contributed by atoms with Gasteiger partial charge in [-0.1, -0.05) is 20.8 Å². The van der Waals surface area contributed by atoms with Gasteiger partial charge in [0.2, 0.25) is 5.91 Å². The Balaban J connectivity index is 2.31. The van der Waals surface area contributed by atoms with E-state index in [2.05, 4.69) is 46.3 Å². The van der Waals surface area contributed by atoms with Gasteiger partial charge >= 0.3 is 0 Å². The molecule has 1 amide bonds. The first kappa shape index (κ1) is 13.2. The monoisotopic (exact) mass is 259 g/mol. The molecule has 100 valence electrons. The first-order chi connectivity index (χ1) is 8.86. The molecule has 2 rings (SSSR count). The number of hydrogen-bond acceptors (Lipinski definition) is 4. The maximum Gasteiger partial charge on any atom is 0.221 e. The van der Waals surface area contributed by atoms with E-state index in [0.29, 0.717) is 11.5 Å². The smallest absolute Gasteiger partial charge is 0.221 e. The Morgan fingerprint density at radius 3 is 2.63 bits per heavy atom. The molecule has 0 aliphatic heterocycles. The number of nitrogens with one attached hydrogen (secondary N) is 2. The minimum Gasteiger partial charge on any atom is -0.325 e. The molecule has 0 radical (unpaired) electrons. The predicted molar refractivity (Wildman–Crippen MR) is 72.6 cm³/mol. The first-order valence-electron chi connectivity index (χ1n) is 6.02. The van der Waals surface area contributed by atoms with E-state index in [1.54, 1.807) is 18.5 Å². The normalized spacial score (nSPS) is 11.4. The molecule has 2 heterocycles. The van der Waals surface area contributed by atoms with Gasteiger partial charge in [-0.15, -0.1) is 0 Å². The average molecular weight is 259 g/mol. The Kier molecular flexibility index (Phi) is 3.33. The Morgan fingerprint density at radius 2 is 2.05 bits per heavy atom. The summed E-state index contributed by atoms with van der Waals surface area (Å²) in [6.07, 6.45) is 3.25. The third kappa shape index (κ3) is 3.15. The highest BCUT2D eigenvalue weighted by Gasteiger charge is 2.19. The number of pyridine rings is 1. The molecule has 0 unspecified atom stereocenters. The average Bonchev–Trinajstić information content (AvgIpc) is 2.77. The number of aromatic amines is 1. The van der Waals surface area contributed by atoms with Crippen LogP contribution in [0.15, 0.2) is 18.5 Å². The molecule has 0 aliphatic carbocycles. The number of H-pyrrole nitrogens is 1. The first-order valence-corrected chi connectivity index (χ1v) is 6.02. The van der Waals surface area contributed by atoms with Gasteiger partial charge in [-0.3, -0.25) is 14.9 Å². The van der Waals surface area contributed by atoms with Gasteiger partial charge in [0.1, 0.15) is 5.82 Å². The van der Waals surface area contributed by atoms with Crippen LogP contribution >= 0.6 is 0 Å². The zero-order chi connectivity index (χ0) is 14.0. The Morgan fingerprint density at radius 1 is 1.32 bits per heavy atom. The second kappa shape index (κ2) is 4.79. The van der Waals surface area contributed by atoms with Gasteiger partial charge in [0, 0.05) is 24.1 Å². The molecule has 2 aromatic rings. The lowest BCUT2D eigenvalue weighted by molar-refractivity contribution is -0.114. The highest BCUT2D eigenvalue weighted by molar-refractivity contribution is 5.89. The number of nitrogens with zero attached hydrogens (tertiary/aromatic N) is 3. The molecule has 0 bridgehead atoms. The maximum atomic E-state index is 11.0. The summed E-state index contributed by atoms with van der Waals surface area (Å²) in [5, 5.41) is 9.80. The fourth-order valence-corrected chi connectivity index (χ4v) is 1.56. The van der Waals surface area contributed by atoms with E-state index >= 15 is 0 Å². The summed E-state index contributed by atoms with van der Waals surface area (Å²) in [6, 6.07) is 1.80. The highest BCUT2D eigenvalue weighted by atomic mass is 16.1. The van der Waals surface area contributed by atoms with Crippen LogP contribution in [-0.2, 0) is 10.2 Å². The van der Waals surface area contributed by atoms with Crippen molar-refractivity contribution in [2.75, 3.05) is 5.32 Å². The van der Waals surface area contributed by atoms with Gasteiger partial charge in [0.05, 0.1) is 11.9 Å². The molecular weight excluding hydrogens is 242 g/mol. The van der Waals surface area contributed by atoms with Crippen LogP contribution in [0.3, 0.4) is 0 Å². The molecule has 6 heteroatoms. The van der Waals surface area contributed by atoms with Crippen molar-refractivity contribution in [3.05, 3.63) is 24.3 Å². The van der Waals surface area contributed by atoms with Crippen molar-refractivity contribution in [1.29, 1.82) is 0 Å². The minimum atomic E-state index is -0.135. The van der Waals surface area contributed by atoms with E-state index < -0.39 is 0 Å². The molecule has 0 saturated heterocycles. The second-order valence-electron chi connectivity index (χ2n) is 5.40. The Hall–Kier alpha value is -2.24. The van der Waals surface area contributed by atoms with Crippen molar-refractivity contribution >= 4 is 11.6 Å². The number of hydrogen-bond donors (Lipinski definition) is 2. The van der Waals surface area contributed by atoms with Crippen molar-refractivity contribution < 1.29 is 4.79 Å². The van der Waals surface area contributed by atoms with Gasteiger partial charge in [-0.25, -0.2) is 4.98 Å². The van der Waals surface area contributed by atoms with Gasteiger partial charge in [-0.05, 0) is 6.07 Å².